The Hall–Kier alpha value is -2.94. The molecule has 0 aliphatic heterocycles. The molecule has 0 saturated heterocycles. The summed E-state index contributed by atoms with van der Waals surface area (Å²) in [7, 11) is 0. The van der Waals surface area contributed by atoms with Crippen molar-refractivity contribution in [3.63, 3.8) is 0 Å². The molecule has 0 atom stereocenters. The highest BCUT2D eigenvalue weighted by Crippen LogP contribution is 2.34. The number of carbonyl (C=O) groups excluding carboxylic acids is 1. The van der Waals surface area contributed by atoms with Crippen LogP contribution in [0.2, 0.25) is 0 Å². The van der Waals surface area contributed by atoms with Crippen molar-refractivity contribution in [3.05, 3.63) is 74.3 Å². The maximum Gasteiger partial charge on any atom is 0.330 e. The minimum atomic E-state index is -0.551. The first kappa shape index (κ1) is 19.4. The number of thioether (sulfide) groups is 1. The van der Waals surface area contributed by atoms with Crippen molar-refractivity contribution in [2.75, 3.05) is 12.3 Å². The van der Waals surface area contributed by atoms with Crippen molar-refractivity contribution < 1.29 is 9.18 Å². The summed E-state index contributed by atoms with van der Waals surface area (Å²) in [6.07, 6.45) is 3.12. The number of halogens is 1. The molecule has 2 aromatic heterocycles. The van der Waals surface area contributed by atoms with Crippen LogP contribution in [0.1, 0.15) is 34.8 Å². The van der Waals surface area contributed by atoms with Gasteiger partial charge in [-0.25, -0.2) is 14.2 Å². The molecule has 7 nitrogen and oxygen atoms in total. The van der Waals surface area contributed by atoms with Gasteiger partial charge < -0.3 is 5.32 Å². The minimum Gasteiger partial charge on any atom is -0.351 e. The summed E-state index contributed by atoms with van der Waals surface area (Å²) in [6.45, 7) is 0.397. The first-order valence-electron chi connectivity index (χ1n) is 9.28. The van der Waals surface area contributed by atoms with E-state index in [0.29, 0.717) is 29.3 Å². The van der Waals surface area contributed by atoms with Gasteiger partial charge in [0.05, 0.1) is 10.9 Å². The molecule has 1 fully saturated rings. The van der Waals surface area contributed by atoms with Crippen molar-refractivity contribution in [2.45, 2.75) is 24.6 Å². The fraction of sp³-hybridized carbons (Fsp3) is 0.300. The highest BCUT2D eigenvalue weighted by Gasteiger charge is 2.27. The van der Waals surface area contributed by atoms with Crippen molar-refractivity contribution in [1.29, 1.82) is 0 Å². The Labute approximate surface area is 169 Å². The number of rotatable bonds is 7. The normalized spacial score (nSPS) is 13.6. The summed E-state index contributed by atoms with van der Waals surface area (Å²) < 4.78 is 15.1. The predicted octanol–water partition coefficient (Wildman–Crippen LogP) is 2.22. The maximum atomic E-state index is 13.6. The molecule has 0 bridgehead atoms. The molecule has 150 valence electrons. The largest absolute Gasteiger partial charge is 0.351 e. The molecule has 9 heteroatoms. The van der Waals surface area contributed by atoms with Gasteiger partial charge in [-0.2, -0.15) is 11.8 Å². The molecule has 4 rings (SSSR count). The zero-order valence-electron chi connectivity index (χ0n) is 15.5. The van der Waals surface area contributed by atoms with Gasteiger partial charge in [0.25, 0.3) is 11.5 Å². The van der Waals surface area contributed by atoms with Crippen molar-refractivity contribution in [2.24, 2.45) is 0 Å². The topological polar surface area (TPSA) is 96.8 Å². The molecule has 2 N–H and O–H groups in total. The highest BCUT2D eigenvalue weighted by molar-refractivity contribution is 7.98. The van der Waals surface area contributed by atoms with E-state index in [1.807, 2.05) is 0 Å². The number of amides is 1. The Bertz CT molecular complexity index is 1190. The van der Waals surface area contributed by atoms with E-state index >= 15 is 0 Å². The summed E-state index contributed by atoms with van der Waals surface area (Å²) >= 11 is 1.51. The Kier molecular flexibility index (Phi) is 5.48. The van der Waals surface area contributed by atoms with Crippen LogP contribution in [0.5, 0.6) is 0 Å². The van der Waals surface area contributed by atoms with Gasteiger partial charge in [0, 0.05) is 30.3 Å². The van der Waals surface area contributed by atoms with E-state index in [-0.39, 0.29) is 28.7 Å². The zero-order valence-corrected chi connectivity index (χ0v) is 16.3. The molecule has 1 aromatic carbocycles. The zero-order chi connectivity index (χ0) is 20.4. The van der Waals surface area contributed by atoms with Crippen molar-refractivity contribution >= 4 is 28.7 Å². The molecule has 2 heterocycles. The van der Waals surface area contributed by atoms with E-state index in [1.54, 1.807) is 18.2 Å². The van der Waals surface area contributed by atoms with Crippen LogP contribution >= 0.6 is 11.8 Å². The van der Waals surface area contributed by atoms with Crippen LogP contribution in [-0.2, 0) is 5.75 Å². The lowest BCUT2D eigenvalue weighted by Crippen LogP contribution is -2.31. The van der Waals surface area contributed by atoms with Crippen LogP contribution in [-0.4, -0.2) is 32.7 Å². The molecule has 1 saturated carbocycles. The van der Waals surface area contributed by atoms with Crippen molar-refractivity contribution in [3.8, 4) is 0 Å². The summed E-state index contributed by atoms with van der Waals surface area (Å²) in [5.41, 5.74) is 0.163. The Morgan fingerprint density at radius 3 is 2.86 bits per heavy atom. The van der Waals surface area contributed by atoms with Crippen LogP contribution in [0.3, 0.4) is 0 Å². The van der Waals surface area contributed by atoms with Crippen LogP contribution in [0.25, 0.3) is 11.0 Å². The lowest BCUT2D eigenvalue weighted by molar-refractivity contribution is 0.0956. The average molecular weight is 414 g/mol. The fourth-order valence-corrected chi connectivity index (χ4v) is 3.91. The molecule has 1 aliphatic rings. The predicted molar refractivity (Wildman–Crippen MR) is 110 cm³/mol. The molecule has 0 unspecified atom stereocenters. The maximum absolute atomic E-state index is 13.6. The monoisotopic (exact) mass is 414 g/mol. The van der Waals surface area contributed by atoms with Gasteiger partial charge in [0.15, 0.2) is 0 Å². The molecule has 0 spiro atoms. The smallest absolute Gasteiger partial charge is 0.330 e. The number of benzene rings is 1. The summed E-state index contributed by atoms with van der Waals surface area (Å²) in [4.78, 5) is 43.1. The van der Waals surface area contributed by atoms with Gasteiger partial charge in [-0.1, -0.05) is 18.2 Å². The van der Waals surface area contributed by atoms with Gasteiger partial charge in [-0.3, -0.25) is 19.1 Å². The van der Waals surface area contributed by atoms with E-state index in [4.69, 9.17) is 0 Å². The third-order valence-corrected chi connectivity index (χ3v) is 5.71. The quantitative estimate of drug-likeness (QED) is 0.578. The van der Waals surface area contributed by atoms with E-state index < -0.39 is 11.2 Å². The van der Waals surface area contributed by atoms with Gasteiger partial charge in [0.2, 0.25) is 0 Å². The number of aromatic amines is 1. The van der Waals surface area contributed by atoms with E-state index in [0.717, 1.165) is 12.8 Å². The molecule has 1 amide bonds. The highest BCUT2D eigenvalue weighted by atomic mass is 32.2. The lowest BCUT2D eigenvalue weighted by Gasteiger charge is -2.09. The number of hydrogen-bond donors (Lipinski definition) is 2. The van der Waals surface area contributed by atoms with Crippen LogP contribution in [0.4, 0.5) is 4.39 Å². The third-order valence-electron chi connectivity index (χ3n) is 4.70. The molecule has 3 aromatic rings. The second kappa shape index (κ2) is 8.20. The van der Waals surface area contributed by atoms with Crippen LogP contribution in [0.15, 0.2) is 46.1 Å². The summed E-state index contributed by atoms with van der Waals surface area (Å²) in [5.74, 6) is 0.549. The molecular weight excluding hydrogens is 395 g/mol. The third kappa shape index (κ3) is 4.24. The number of H-pyrrole nitrogens is 1. The number of nitrogens with one attached hydrogen (secondary N) is 2. The van der Waals surface area contributed by atoms with E-state index in [2.05, 4.69) is 15.3 Å². The number of nitrogens with zero attached hydrogens (tertiary/aromatic N) is 2. The second-order valence-corrected chi connectivity index (χ2v) is 7.96. The number of fused-ring (bicyclic) bond motifs is 1. The van der Waals surface area contributed by atoms with Crippen LogP contribution in [0, 0.1) is 5.82 Å². The fourth-order valence-electron chi connectivity index (χ4n) is 3.07. The lowest BCUT2D eigenvalue weighted by atomic mass is 10.2. The number of carbonyl (C=O) groups is 1. The SMILES string of the molecule is O=C(NCCSCc1ccccc1F)c1cnc2c(c1)c(=O)[nH]c(=O)n2C1CC1. The molecule has 1 aliphatic carbocycles. The van der Waals surface area contributed by atoms with Gasteiger partial charge in [0.1, 0.15) is 11.5 Å². The Balaban J connectivity index is 1.39. The minimum absolute atomic E-state index is 0.0560. The first-order chi connectivity index (χ1) is 14.0. The van der Waals surface area contributed by atoms with E-state index in [1.165, 1.54) is 34.7 Å². The van der Waals surface area contributed by atoms with Gasteiger partial charge >= 0.3 is 5.69 Å². The van der Waals surface area contributed by atoms with Crippen molar-refractivity contribution in [1.82, 2.24) is 19.9 Å². The van der Waals surface area contributed by atoms with E-state index in [9.17, 15) is 18.8 Å². The van der Waals surface area contributed by atoms with Gasteiger partial charge in [-0.15, -0.1) is 0 Å². The average Bonchev–Trinajstić information content (AvgIpc) is 3.54. The number of hydrogen-bond acceptors (Lipinski definition) is 5. The molecular formula is C20H19FN4O3S. The van der Waals surface area contributed by atoms with Gasteiger partial charge in [-0.05, 0) is 30.5 Å². The standard InChI is InChI=1S/C20H19FN4O3S/c21-16-4-2-1-3-12(16)11-29-8-7-22-18(26)13-9-15-17(23-10-13)25(14-5-6-14)20(28)24-19(15)27/h1-4,9-10,14H,5-8,11H2,(H,22,26)(H,24,27,28). The Morgan fingerprint density at radius 2 is 2.10 bits per heavy atom. The summed E-state index contributed by atoms with van der Waals surface area (Å²) in [6, 6.07) is 8.12. The second-order valence-electron chi connectivity index (χ2n) is 6.86. The Morgan fingerprint density at radius 1 is 1.31 bits per heavy atom. The number of aromatic nitrogens is 3. The number of pyridine rings is 1. The van der Waals surface area contributed by atoms with Crippen LogP contribution < -0.4 is 16.6 Å². The molecule has 0 radical (unpaired) electrons. The molecule has 29 heavy (non-hydrogen) atoms. The first-order valence-corrected chi connectivity index (χ1v) is 10.4. The summed E-state index contributed by atoms with van der Waals surface area (Å²) in [5, 5.41) is 2.99.